The van der Waals surface area contributed by atoms with Gasteiger partial charge in [0.1, 0.15) is 10.6 Å². The first kappa shape index (κ1) is 17.9. The van der Waals surface area contributed by atoms with Crippen LogP contribution in [0.3, 0.4) is 0 Å². The predicted octanol–water partition coefficient (Wildman–Crippen LogP) is -0.616. The molecule has 1 amide bonds. The number of rotatable bonds is 6. The van der Waals surface area contributed by atoms with Crippen molar-refractivity contribution in [3.63, 3.8) is 0 Å². The van der Waals surface area contributed by atoms with Gasteiger partial charge < -0.3 is 14.6 Å². The van der Waals surface area contributed by atoms with Crippen molar-refractivity contribution in [3.05, 3.63) is 18.0 Å². The van der Waals surface area contributed by atoms with E-state index in [2.05, 4.69) is 14.9 Å². The van der Waals surface area contributed by atoms with Crippen molar-refractivity contribution in [1.82, 2.24) is 19.5 Å². The molecule has 23 heavy (non-hydrogen) atoms. The number of hydrogen-bond donors (Lipinski definition) is 2. The summed E-state index contributed by atoms with van der Waals surface area (Å²) in [7, 11) is -0.569. The predicted molar refractivity (Wildman–Crippen MR) is 85.8 cm³/mol. The standard InChI is InChI=1S/C14H24N4O4S/c1-11(9-18-4-6-22-7-5-18)16-14(19)13-8-12(10-17(13)3)23(20,21)15-2/h8,10-11,15H,4-7,9H2,1-3H3,(H,16,19). The van der Waals surface area contributed by atoms with Crippen LogP contribution >= 0.6 is 0 Å². The van der Waals surface area contributed by atoms with Gasteiger partial charge in [0.05, 0.1) is 13.2 Å². The second-order valence-corrected chi connectivity index (χ2v) is 7.55. The third-order valence-electron chi connectivity index (χ3n) is 3.80. The van der Waals surface area contributed by atoms with E-state index in [0.29, 0.717) is 18.9 Å². The van der Waals surface area contributed by atoms with E-state index in [9.17, 15) is 13.2 Å². The minimum absolute atomic E-state index is 0.0418. The highest BCUT2D eigenvalue weighted by Gasteiger charge is 2.21. The van der Waals surface area contributed by atoms with Gasteiger partial charge in [-0.25, -0.2) is 13.1 Å². The Kier molecular flexibility index (Phi) is 5.79. The Balaban J connectivity index is 2.00. The molecular formula is C14H24N4O4S. The molecule has 2 rings (SSSR count). The number of aromatic nitrogens is 1. The fraction of sp³-hybridized carbons (Fsp3) is 0.643. The molecule has 1 unspecified atom stereocenters. The molecule has 0 saturated carbocycles. The molecule has 9 heteroatoms. The van der Waals surface area contributed by atoms with E-state index >= 15 is 0 Å². The maximum Gasteiger partial charge on any atom is 0.268 e. The van der Waals surface area contributed by atoms with E-state index in [0.717, 1.165) is 19.6 Å². The number of amides is 1. The maximum absolute atomic E-state index is 12.4. The van der Waals surface area contributed by atoms with E-state index in [1.807, 2.05) is 6.92 Å². The zero-order valence-electron chi connectivity index (χ0n) is 13.7. The van der Waals surface area contributed by atoms with Crippen molar-refractivity contribution in [2.75, 3.05) is 39.9 Å². The molecule has 1 aromatic heterocycles. The van der Waals surface area contributed by atoms with Crippen LogP contribution in [-0.2, 0) is 21.8 Å². The molecule has 1 saturated heterocycles. The Bertz CT molecular complexity index is 650. The molecule has 0 radical (unpaired) electrons. The first-order valence-corrected chi connectivity index (χ1v) is 9.02. The van der Waals surface area contributed by atoms with Crippen LogP contribution in [-0.4, -0.2) is 69.7 Å². The van der Waals surface area contributed by atoms with E-state index in [1.54, 1.807) is 7.05 Å². The summed E-state index contributed by atoms with van der Waals surface area (Å²) in [5.41, 5.74) is 0.313. The number of carbonyl (C=O) groups excluding carboxylic acids is 1. The number of ether oxygens (including phenoxy) is 1. The Labute approximate surface area is 136 Å². The van der Waals surface area contributed by atoms with Gasteiger partial charge >= 0.3 is 0 Å². The molecule has 130 valence electrons. The number of nitrogens with one attached hydrogen (secondary N) is 2. The monoisotopic (exact) mass is 344 g/mol. The Hall–Kier alpha value is -1.42. The summed E-state index contributed by atoms with van der Waals surface area (Å²) in [6, 6.07) is 1.34. The number of hydrogen-bond acceptors (Lipinski definition) is 5. The van der Waals surface area contributed by atoms with Crippen LogP contribution in [0.1, 0.15) is 17.4 Å². The third-order valence-corrected chi connectivity index (χ3v) is 5.19. The van der Waals surface area contributed by atoms with E-state index in [4.69, 9.17) is 4.74 Å². The Morgan fingerprint density at radius 2 is 2.04 bits per heavy atom. The summed E-state index contributed by atoms with van der Waals surface area (Å²) in [6.07, 6.45) is 1.42. The molecule has 1 aliphatic heterocycles. The number of aryl methyl sites for hydroxylation is 1. The van der Waals surface area contributed by atoms with Crippen molar-refractivity contribution < 1.29 is 17.9 Å². The molecule has 1 aliphatic rings. The molecule has 0 bridgehead atoms. The second kappa shape index (κ2) is 7.43. The van der Waals surface area contributed by atoms with Gasteiger partial charge in [-0.2, -0.15) is 0 Å². The van der Waals surface area contributed by atoms with Crippen molar-refractivity contribution >= 4 is 15.9 Å². The van der Waals surface area contributed by atoms with E-state index in [-0.39, 0.29) is 16.8 Å². The molecule has 2 heterocycles. The SMILES string of the molecule is CNS(=O)(=O)c1cc(C(=O)NC(C)CN2CCOCC2)n(C)c1. The van der Waals surface area contributed by atoms with Crippen LogP contribution in [0, 0.1) is 0 Å². The highest BCUT2D eigenvalue weighted by Crippen LogP contribution is 2.13. The first-order valence-electron chi connectivity index (χ1n) is 7.54. The average Bonchev–Trinajstić information content (AvgIpc) is 2.91. The van der Waals surface area contributed by atoms with E-state index in [1.165, 1.54) is 23.9 Å². The summed E-state index contributed by atoms with van der Waals surface area (Å²) in [5.74, 6) is -0.286. The van der Waals surface area contributed by atoms with Gasteiger partial charge in [0.2, 0.25) is 10.0 Å². The molecule has 8 nitrogen and oxygen atoms in total. The number of morpholine rings is 1. The molecule has 1 aromatic rings. The van der Waals surface area contributed by atoms with Gasteiger partial charge in [-0.1, -0.05) is 0 Å². The normalized spacial score (nSPS) is 17.9. The fourth-order valence-electron chi connectivity index (χ4n) is 2.54. The lowest BCUT2D eigenvalue weighted by molar-refractivity contribution is 0.0342. The van der Waals surface area contributed by atoms with Gasteiger partial charge in [-0.05, 0) is 20.0 Å². The summed E-state index contributed by atoms with van der Waals surface area (Å²) in [6.45, 7) is 5.81. The lowest BCUT2D eigenvalue weighted by atomic mass is 10.2. The number of carbonyl (C=O) groups is 1. The van der Waals surface area contributed by atoms with Crippen LogP contribution in [0.4, 0.5) is 0 Å². The van der Waals surface area contributed by atoms with Crippen LogP contribution in [0.2, 0.25) is 0 Å². The molecule has 1 atom stereocenters. The topological polar surface area (TPSA) is 92.7 Å². The largest absolute Gasteiger partial charge is 0.379 e. The summed E-state index contributed by atoms with van der Waals surface area (Å²) >= 11 is 0. The van der Waals surface area contributed by atoms with Crippen molar-refractivity contribution in [2.24, 2.45) is 7.05 Å². The van der Waals surface area contributed by atoms with Crippen LogP contribution in [0.25, 0.3) is 0 Å². The average molecular weight is 344 g/mol. The highest BCUT2D eigenvalue weighted by molar-refractivity contribution is 7.89. The van der Waals surface area contributed by atoms with Gasteiger partial charge in [0.25, 0.3) is 5.91 Å². The summed E-state index contributed by atoms with van der Waals surface area (Å²) in [4.78, 5) is 14.7. The molecule has 0 spiro atoms. The zero-order chi connectivity index (χ0) is 17.0. The van der Waals surface area contributed by atoms with Gasteiger partial charge in [0, 0.05) is 38.9 Å². The van der Waals surface area contributed by atoms with Crippen LogP contribution in [0.15, 0.2) is 17.2 Å². The first-order chi connectivity index (χ1) is 10.8. The van der Waals surface area contributed by atoms with Crippen molar-refractivity contribution in [3.8, 4) is 0 Å². The fourth-order valence-corrected chi connectivity index (χ4v) is 3.34. The molecule has 0 aliphatic carbocycles. The highest BCUT2D eigenvalue weighted by atomic mass is 32.2. The summed E-state index contributed by atoms with van der Waals surface area (Å²) < 4.78 is 32.7. The smallest absolute Gasteiger partial charge is 0.268 e. The second-order valence-electron chi connectivity index (χ2n) is 5.67. The quantitative estimate of drug-likeness (QED) is 0.718. The molecule has 1 fully saturated rings. The van der Waals surface area contributed by atoms with Crippen LogP contribution in [0.5, 0.6) is 0 Å². The minimum atomic E-state index is -3.56. The van der Waals surface area contributed by atoms with Gasteiger partial charge in [0.15, 0.2) is 0 Å². The van der Waals surface area contributed by atoms with Crippen molar-refractivity contribution in [1.29, 1.82) is 0 Å². The van der Waals surface area contributed by atoms with Crippen molar-refractivity contribution in [2.45, 2.75) is 17.9 Å². The zero-order valence-corrected chi connectivity index (χ0v) is 14.5. The number of sulfonamides is 1. The number of nitrogens with zero attached hydrogens (tertiary/aromatic N) is 2. The summed E-state index contributed by atoms with van der Waals surface area (Å²) in [5, 5.41) is 2.91. The van der Waals surface area contributed by atoms with Gasteiger partial charge in [-0.15, -0.1) is 0 Å². The molecule has 2 N–H and O–H groups in total. The lowest BCUT2D eigenvalue weighted by Crippen LogP contribution is -2.46. The lowest BCUT2D eigenvalue weighted by Gasteiger charge is -2.29. The molecule has 0 aromatic carbocycles. The van der Waals surface area contributed by atoms with Gasteiger partial charge in [-0.3, -0.25) is 9.69 Å². The minimum Gasteiger partial charge on any atom is -0.379 e. The van der Waals surface area contributed by atoms with E-state index < -0.39 is 10.0 Å². The Morgan fingerprint density at radius 1 is 1.39 bits per heavy atom. The molecular weight excluding hydrogens is 320 g/mol. The maximum atomic E-state index is 12.4. The Morgan fingerprint density at radius 3 is 2.65 bits per heavy atom. The van der Waals surface area contributed by atoms with Crippen LogP contribution < -0.4 is 10.0 Å². The third kappa shape index (κ3) is 4.54.